The minimum absolute atomic E-state index is 0.0700. The summed E-state index contributed by atoms with van der Waals surface area (Å²) in [7, 11) is 0. The molecule has 6 heteroatoms. The lowest BCUT2D eigenvalue weighted by atomic mass is 9.86. The number of benzene rings is 1. The third-order valence-electron chi connectivity index (χ3n) is 4.85. The van der Waals surface area contributed by atoms with Crippen LogP contribution in [0.15, 0.2) is 48.1 Å². The van der Waals surface area contributed by atoms with Gasteiger partial charge in [0.1, 0.15) is 11.8 Å². The minimum atomic E-state index is -0.771. The van der Waals surface area contributed by atoms with Gasteiger partial charge in [0.05, 0.1) is 12.4 Å². The number of nitrogens with zero attached hydrogens (tertiary/aromatic N) is 3. The number of carboxylic acids is 1. The SMILES string of the molecule is CCC(CCCC(=O)O)ON=C1c2ccccc2CCC1n1ccnc1. The van der Waals surface area contributed by atoms with Crippen molar-refractivity contribution in [1.82, 2.24) is 9.55 Å². The predicted octanol–water partition coefficient (Wildman–Crippen LogP) is 3.82. The summed E-state index contributed by atoms with van der Waals surface area (Å²) in [5, 5.41) is 13.4. The van der Waals surface area contributed by atoms with E-state index in [4.69, 9.17) is 9.94 Å². The average Bonchev–Trinajstić information content (AvgIpc) is 3.18. The van der Waals surface area contributed by atoms with E-state index in [1.807, 2.05) is 25.5 Å². The fraction of sp³-hybridized carbons (Fsp3) is 0.450. The van der Waals surface area contributed by atoms with E-state index in [1.165, 1.54) is 5.56 Å². The molecule has 0 aliphatic heterocycles. The summed E-state index contributed by atoms with van der Waals surface area (Å²) in [5.74, 6) is -0.771. The Bertz CT molecular complexity index is 755. The van der Waals surface area contributed by atoms with E-state index in [0.717, 1.165) is 30.5 Å². The smallest absolute Gasteiger partial charge is 0.303 e. The predicted molar refractivity (Wildman–Crippen MR) is 99.2 cm³/mol. The van der Waals surface area contributed by atoms with Crippen LogP contribution >= 0.6 is 0 Å². The van der Waals surface area contributed by atoms with Crippen molar-refractivity contribution in [3.05, 3.63) is 54.1 Å². The van der Waals surface area contributed by atoms with Gasteiger partial charge in [-0.25, -0.2) is 4.98 Å². The second-order valence-electron chi connectivity index (χ2n) is 6.62. The molecule has 1 aromatic carbocycles. The van der Waals surface area contributed by atoms with Crippen LogP contribution < -0.4 is 0 Å². The van der Waals surface area contributed by atoms with E-state index < -0.39 is 5.97 Å². The van der Waals surface area contributed by atoms with Crippen LogP contribution in [0.4, 0.5) is 0 Å². The lowest BCUT2D eigenvalue weighted by Crippen LogP contribution is -2.27. The second-order valence-corrected chi connectivity index (χ2v) is 6.62. The number of hydrogen-bond acceptors (Lipinski definition) is 4. The van der Waals surface area contributed by atoms with Crippen molar-refractivity contribution in [2.45, 2.75) is 57.6 Å². The lowest BCUT2D eigenvalue weighted by Gasteiger charge is -2.27. The molecule has 0 amide bonds. The van der Waals surface area contributed by atoms with Gasteiger partial charge in [-0.15, -0.1) is 0 Å². The molecule has 3 rings (SSSR count). The van der Waals surface area contributed by atoms with Crippen LogP contribution in [0.5, 0.6) is 0 Å². The van der Waals surface area contributed by atoms with Crippen LogP contribution in [0.2, 0.25) is 0 Å². The molecule has 138 valence electrons. The molecule has 26 heavy (non-hydrogen) atoms. The van der Waals surface area contributed by atoms with Crippen molar-refractivity contribution in [3.63, 3.8) is 0 Å². The molecule has 2 aromatic rings. The van der Waals surface area contributed by atoms with Gasteiger partial charge in [0.25, 0.3) is 0 Å². The molecule has 0 bridgehead atoms. The standard InChI is InChI=1S/C20H25N3O3/c1-2-16(7-5-9-19(24)25)26-22-20-17-8-4-3-6-15(17)10-11-18(20)23-13-12-21-14-23/h3-4,6,8,12-14,16,18H,2,5,7,9-11H2,1H3,(H,24,25). The minimum Gasteiger partial charge on any atom is -0.481 e. The van der Waals surface area contributed by atoms with Gasteiger partial charge < -0.3 is 14.5 Å². The van der Waals surface area contributed by atoms with Crippen molar-refractivity contribution >= 4 is 11.7 Å². The first-order chi connectivity index (χ1) is 12.7. The van der Waals surface area contributed by atoms with Gasteiger partial charge in [-0.3, -0.25) is 4.79 Å². The maximum absolute atomic E-state index is 10.7. The average molecular weight is 355 g/mol. The van der Waals surface area contributed by atoms with Crippen LogP contribution in [0.3, 0.4) is 0 Å². The van der Waals surface area contributed by atoms with Crippen LogP contribution in [-0.4, -0.2) is 32.4 Å². The number of aliphatic carboxylic acids is 1. The van der Waals surface area contributed by atoms with E-state index in [1.54, 1.807) is 6.20 Å². The molecule has 1 aromatic heterocycles. The number of hydrogen-bond donors (Lipinski definition) is 1. The molecule has 1 aliphatic rings. The van der Waals surface area contributed by atoms with Gasteiger partial charge in [0.2, 0.25) is 0 Å². The Morgan fingerprint density at radius 2 is 2.31 bits per heavy atom. The highest BCUT2D eigenvalue weighted by atomic mass is 16.6. The normalized spacial score (nSPS) is 19.1. The third-order valence-corrected chi connectivity index (χ3v) is 4.85. The van der Waals surface area contributed by atoms with Gasteiger partial charge in [-0.2, -0.15) is 0 Å². The molecule has 0 spiro atoms. The number of aryl methyl sites for hydroxylation is 1. The highest BCUT2D eigenvalue weighted by molar-refractivity contribution is 6.05. The van der Waals surface area contributed by atoms with Gasteiger partial charge in [-0.05, 0) is 37.7 Å². The van der Waals surface area contributed by atoms with Crippen molar-refractivity contribution in [2.24, 2.45) is 5.16 Å². The summed E-state index contributed by atoms with van der Waals surface area (Å²) in [5.41, 5.74) is 3.32. The largest absolute Gasteiger partial charge is 0.481 e. The fourth-order valence-electron chi connectivity index (χ4n) is 3.39. The highest BCUT2D eigenvalue weighted by Crippen LogP contribution is 2.30. The summed E-state index contributed by atoms with van der Waals surface area (Å²) in [6.45, 7) is 2.04. The van der Waals surface area contributed by atoms with Crippen LogP contribution in [0.25, 0.3) is 0 Å². The Morgan fingerprint density at radius 3 is 3.04 bits per heavy atom. The van der Waals surface area contributed by atoms with E-state index in [-0.39, 0.29) is 18.6 Å². The van der Waals surface area contributed by atoms with Gasteiger partial charge in [0.15, 0.2) is 0 Å². The molecule has 2 unspecified atom stereocenters. The molecule has 0 saturated heterocycles. The van der Waals surface area contributed by atoms with Crippen LogP contribution in [0.1, 0.15) is 56.2 Å². The number of aromatic nitrogens is 2. The first kappa shape index (κ1) is 18.2. The van der Waals surface area contributed by atoms with Crippen molar-refractivity contribution in [3.8, 4) is 0 Å². The number of rotatable bonds is 8. The third kappa shape index (κ3) is 4.31. The zero-order chi connectivity index (χ0) is 18.4. The zero-order valence-corrected chi connectivity index (χ0v) is 15.0. The summed E-state index contributed by atoms with van der Waals surface area (Å²) in [4.78, 5) is 20.7. The summed E-state index contributed by atoms with van der Waals surface area (Å²) < 4.78 is 2.07. The number of oxime groups is 1. The molecule has 2 atom stereocenters. The van der Waals surface area contributed by atoms with E-state index in [9.17, 15) is 4.79 Å². The second kappa shape index (κ2) is 8.65. The summed E-state index contributed by atoms with van der Waals surface area (Å²) in [6.07, 6.45) is 9.68. The Kier molecular flexibility index (Phi) is 6.04. The Hall–Kier alpha value is -2.63. The Balaban J connectivity index is 1.80. The molecular formula is C20H25N3O3. The van der Waals surface area contributed by atoms with E-state index in [2.05, 4.69) is 32.9 Å². The summed E-state index contributed by atoms with van der Waals surface area (Å²) in [6, 6.07) is 8.40. The fourth-order valence-corrected chi connectivity index (χ4v) is 3.39. The molecule has 0 saturated carbocycles. The highest BCUT2D eigenvalue weighted by Gasteiger charge is 2.27. The topological polar surface area (TPSA) is 76.7 Å². The van der Waals surface area contributed by atoms with Crippen LogP contribution in [-0.2, 0) is 16.1 Å². The van der Waals surface area contributed by atoms with Gasteiger partial charge >= 0.3 is 5.97 Å². The monoisotopic (exact) mass is 355 g/mol. The van der Waals surface area contributed by atoms with Crippen molar-refractivity contribution in [2.75, 3.05) is 0 Å². The first-order valence-corrected chi connectivity index (χ1v) is 9.20. The quantitative estimate of drug-likeness (QED) is 0.730. The van der Waals surface area contributed by atoms with E-state index >= 15 is 0 Å². The zero-order valence-electron chi connectivity index (χ0n) is 15.0. The van der Waals surface area contributed by atoms with E-state index in [0.29, 0.717) is 12.8 Å². The van der Waals surface area contributed by atoms with Crippen molar-refractivity contribution < 1.29 is 14.7 Å². The molecule has 1 aliphatic carbocycles. The Morgan fingerprint density at radius 1 is 1.46 bits per heavy atom. The van der Waals surface area contributed by atoms with Crippen molar-refractivity contribution in [1.29, 1.82) is 0 Å². The molecule has 0 radical (unpaired) electrons. The van der Waals surface area contributed by atoms with Gasteiger partial charge in [-0.1, -0.05) is 36.3 Å². The number of fused-ring (bicyclic) bond motifs is 1. The van der Waals surface area contributed by atoms with Crippen LogP contribution in [0, 0.1) is 0 Å². The molecule has 1 heterocycles. The maximum atomic E-state index is 10.7. The molecule has 0 fully saturated rings. The maximum Gasteiger partial charge on any atom is 0.303 e. The summed E-state index contributed by atoms with van der Waals surface area (Å²) >= 11 is 0. The molecule has 6 nitrogen and oxygen atoms in total. The molecular weight excluding hydrogens is 330 g/mol. The lowest BCUT2D eigenvalue weighted by molar-refractivity contribution is -0.137. The number of carboxylic acid groups (broad SMARTS) is 1. The Labute approximate surface area is 153 Å². The number of imidazole rings is 1. The van der Waals surface area contributed by atoms with Gasteiger partial charge in [0, 0.05) is 24.4 Å². The number of carbonyl (C=O) groups is 1. The first-order valence-electron chi connectivity index (χ1n) is 9.20. The molecule has 1 N–H and O–H groups in total.